The zero-order valence-electron chi connectivity index (χ0n) is 13.6. The second-order valence-corrected chi connectivity index (χ2v) is 5.79. The summed E-state index contributed by atoms with van der Waals surface area (Å²) in [4.78, 5) is 13.3. The van der Waals surface area contributed by atoms with Gasteiger partial charge >= 0.3 is 0 Å². The summed E-state index contributed by atoms with van der Waals surface area (Å²) in [6.45, 7) is 2.18. The molecule has 0 saturated carbocycles. The Hall–Kier alpha value is -2.51. The fourth-order valence-electron chi connectivity index (χ4n) is 2.92. The van der Waals surface area contributed by atoms with Crippen LogP contribution in [0.4, 0.5) is 5.82 Å². The Morgan fingerprint density at radius 3 is 2.75 bits per heavy atom. The van der Waals surface area contributed by atoms with E-state index in [2.05, 4.69) is 39.6 Å². The Bertz CT molecular complexity index is 677. The van der Waals surface area contributed by atoms with E-state index in [9.17, 15) is 4.79 Å². The van der Waals surface area contributed by atoms with Gasteiger partial charge in [-0.1, -0.05) is 30.3 Å². The molecule has 1 aliphatic heterocycles. The van der Waals surface area contributed by atoms with Crippen LogP contribution in [0.15, 0.2) is 42.5 Å². The van der Waals surface area contributed by atoms with Gasteiger partial charge in [-0.15, -0.1) is 10.2 Å². The van der Waals surface area contributed by atoms with Crippen molar-refractivity contribution in [2.45, 2.75) is 12.1 Å². The Labute approximate surface area is 140 Å². The topological polar surface area (TPSA) is 93.4 Å². The number of nitrogens with two attached hydrogens (primary N) is 1. The first kappa shape index (κ1) is 16.4. The van der Waals surface area contributed by atoms with Crippen molar-refractivity contribution in [3.63, 3.8) is 0 Å². The van der Waals surface area contributed by atoms with Gasteiger partial charge in [0.15, 0.2) is 5.69 Å². The number of aromatic nitrogens is 2. The van der Waals surface area contributed by atoms with Crippen LogP contribution in [0, 0.1) is 0 Å². The van der Waals surface area contributed by atoms with Gasteiger partial charge in [0.2, 0.25) is 0 Å². The minimum absolute atomic E-state index is 0.0104. The Morgan fingerprint density at radius 1 is 1.29 bits per heavy atom. The number of carbonyl (C=O) groups is 1. The standard InChI is InChI=1S/C17H21N5O2/c1-22-9-10-24-14(16(22)12-5-3-2-4-6-12)11-19-15-8-7-13(17(18)23)20-21-15/h2-8,14,16H,9-11H2,1H3,(H2,18,23)(H,19,21)/t14-,16-/m0/s1. The molecule has 3 rings (SSSR count). The molecule has 1 amide bonds. The van der Waals surface area contributed by atoms with Crippen molar-refractivity contribution >= 4 is 11.7 Å². The van der Waals surface area contributed by atoms with Crippen molar-refractivity contribution in [3.05, 3.63) is 53.7 Å². The molecule has 0 spiro atoms. The molecule has 1 saturated heterocycles. The lowest BCUT2D eigenvalue weighted by atomic mass is 9.98. The molecule has 3 N–H and O–H groups in total. The second kappa shape index (κ2) is 7.37. The maximum Gasteiger partial charge on any atom is 0.269 e. The van der Waals surface area contributed by atoms with Gasteiger partial charge in [-0.05, 0) is 24.7 Å². The molecule has 0 bridgehead atoms. The van der Waals surface area contributed by atoms with Crippen molar-refractivity contribution < 1.29 is 9.53 Å². The molecule has 0 aliphatic carbocycles. The molecule has 24 heavy (non-hydrogen) atoms. The van der Waals surface area contributed by atoms with Gasteiger partial charge in [-0.3, -0.25) is 9.69 Å². The van der Waals surface area contributed by atoms with E-state index >= 15 is 0 Å². The van der Waals surface area contributed by atoms with Crippen LogP contribution >= 0.6 is 0 Å². The Balaban J connectivity index is 1.69. The highest BCUT2D eigenvalue weighted by molar-refractivity contribution is 5.90. The maximum absolute atomic E-state index is 11.0. The Kier molecular flexibility index (Phi) is 5.02. The Morgan fingerprint density at radius 2 is 2.08 bits per heavy atom. The molecule has 1 fully saturated rings. The van der Waals surface area contributed by atoms with Crippen LogP contribution in [0.2, 0.25) is 0 Å². The smallest absolute Gasteiger partial charge is 0.269 e. The number of benzene rings is 1. The van der Waals surface area contributed by atoms with Crippen LogP contribution < -0.4 is 11.1 Å². The van der Waals surface area contributed by atoms with E-state index in [4.69, 9.17) is 10.5 Å². The van der Waals surface area contributed by atoms with Gasteiger partial charge in [0.25, 0.3) is 5.91 Å². The number of anilines is 1. The third-order valence-electron chi connectivity index (χ3n) is 4.15. The summed E-state index contributed by atoms with van der Waals surface area (Å²) in [5.74, 6) is -0.000863. The first-order valence-electron chi connectivity index (χ1n) is 7.89. The van der Waals surface area contributed by atoms with Gasteiger partial charge in [0.05, 0.1) is 18.8 Å². The van der Waals surface area contributed by atoms with Crippen LogP contribution in [-0.4, -0.2) is 53.9 Å². The number of nitrogens with zero attached hydrogens (tertiary/aromatic N) is 3. The van der Waals surface area contributed by atoms with Gasteiger partial charge < -0.3 is 15.8 Å². The molecular weight excluding hydrogens is 306 g/mol. The minimum Gasteiger partial charge on any atom is -0.373 e. The number of ether oxygens (including phenoxy) is 1. The zero-order chi connectivity index (χ0) is 16.9. The van der Waals surface area contributed by atoms with E-state index in [1.165, 1.54) is 5.56 Å². The largest absolute Gasteiger partial charge is 0.373 e. The molecular formula is C17H21N5O2. The van der Waals surface area contributed by atoms with E-state index in [1.54, 1.807) is 12.1 Å². The van der Waals surface area contributed by atoms with E-state index < -0.39 is 5.91 Å². The summed E-state index contributed by atoms with van der Waals surface area (Å²) in [7, 11) is 2.11. The SMILES string of the molecule is CN1CCO[C@@H](CNc2ccc(C(N)=O)nn2)[C@@H]1c1ccccc1. The first-order chi connectivity index (χ1) is 11.6. The van der Waals surface area contributed by atoms with Crippen LogP contribution in [-0.2, 0) is 4.74 Å². The van der Waals surface area contributed by atoms with E-state index in [-0.39, 0.29) is 17.8 Å². The minimum atomic E-state index is -0.588. The van der Waals surface area contributed by atoms with Crippen molar-refractivity contribution in [2.75, 3.05) is 32.1 Å². The van der Waals surface area contributed by atoms with Crippen molar-refractivity contribution in [1.29, 1.82) is 0 Å². The number of rotatable bonds is 5. The van der Waals surface area contributed by atoms with Gasteiger partial charge in [0, 0.05) is 13.1 Å². The number of hydrogen-bond donors (Lipinski definition) is 2. The summed E-state index contributed by atoms with van der Waals surface area (Å²) < 4.78 is 5.97. The number of morpholine rings is 1. The summed E-state index contributed by atoms with van der Waals surface area (Å²) >= 11 is 0. The molecule has 1 aliphatic rings. The fraction of sp³-hybridized carbons (Fsp3) is 0.353. The molecule has 2 heterocycles. The number of carbonyl (C=O) groups excluding carboxylic acids is 1. The number of hydrogen-bond acceptors (Lipinski definition) is 6. The lowest BCUT2D eigenvalue weighted by Crippen LogP contribution is -2.46. The first-order valence-corrected chi connectivity index (χ1v) is 7.89. The third-order valence-corrected chi connectivity index (χ3v) is 4.15. The molecule has 0 unspecified atom stereocenters. The van der Waals surface area contributed by atoms with E-state index in [1.807, 2.05) is 18.2 Å². The molecule has 0 radical (unpaired) electrons. The molecule has 7 heteroatoms. The number of likely N-dealkylation sites (N-methyl/N-ethyl adjacent to an activating group) is 1. The summed E-state index contributed by atoms with van der Waals surface area (Å²) in [6.07, 6.45) is -0.0104. The average Bonchev–Trinajstić information content (AvgIpc) is 2.61. The number of nitrogens with one attached hydrogen (secondary N) is 1. The van der Waals surface area contributed by atoms with Crippen LogP contribution in [0.1, 0.15) is 22.1 Å². The highest BCUT2D eigenvalue weighted by atomic mass is 16.5. The fourth-order valence-corrected chi connectivity index (χ4v) is 2.92. The van der Waals surface area contributed by atoms with Gasteiger partial charge in [-0.2, -0.15) is 0 Å². The van der Waals surface area contributed by atoms with Crippen molar-refractivity contribution in [2.24, 2.45) is 5.73 Å². The summed E-state index contributed by atoms with van der Waals surface area (Å²) in [5, 5.41) is 11.0. The summed E-state index contributed by atoms with van der Waals surface area (Å²) in [6, 6.07) is 13.7. The lowest BCUT2D eigenvalue weighted by Gasteiger charge is -2.39. The monoisotopic (exact) mass is 327 g/mol. The maximum atomic E-state index is 11.0. The highest BCUT2D eigenvalue weighted by Gasteiger charge is 2.31. The second-order valence-electron chi connectivity index (χ2n) is 5.79. The number of primary amides is 1. The van der Waals surface area contributed by atoms with Crippen LogP contribution in [0.25, 0.3) is 0 Å². The third kappa shape index (κ3) is 3.69. The zero-order valence-corrected chi connectivity index (χ0v) is 13.6. The molecule has 2 aromatic rings. The molecule has 1 aromatic carbocycles. The van der Waals surface area contributed by atoms with Crippen molar-refractivity contribution in [3.8, 4) is 0 Å². The van der Waals surface area contributed by atoms with Crippen LogP contribution in [0.5, 0.6) is 0 Å². The number of amides is 1. The van der Waals surface area contributed by atoms with Gasteiger partial charge in [0.1, 0.15) is 5.82 Å². The van der Waals surface area contributed by atoms with E-state index in [0.29, 0.717) is 19.0 Å². The van der Waals surface area contributed by atoms with Crippen LogP contribution in [0.3, 0.4) is 0 Å². The van der Waals surface area contributed by atoms with E-state index in [0.717, 1.165) is 6.54 Å². The predicted octanol–water partition coefficient (Wildman–Crippen LogP) is 1.06. The normalized spacial score (nSPS) is 21.4. The average molecular weight is 327 g/mol. The highest BCUT2D eigenvalue weighted by Crippen LogP contribution is 2.28. The quantitative estimate of drug-likeness (QED) is 0.853. The van der Waals surface area contributed by atoms with Gasteiger partial charge in [-0.25, -0.2) is 0 Å². The molecule has 2 atom stereocenters. The summed E-state index contributed by atoms with van der Waals surface area (Å²) in [5.41, 5.74) is 6.54. The molecule has 126 valence electrons. The molecule has 1 aromatic heterocycles. The lowest BCUT2D eigenvalue weighted by molar-refractivity contribution is -0.0557. The predicted molar refractivity (Wildman–Crippen MR) is 90.6 cm³/mol. The van der Waals surface area contributed by atoms with Crippen molar-refractivity contribution in [1.82, 2.24) is 15.1 Å². The molecule has 7 nitrogen and oxygen atoms in total.